The fourth-order valence-electron chi connectivity index (χ4n) is 8.01. The zero-order chi connectivity index (χ0) is 57.7. The van der Waals surface area contributed by atoms with E-state index in [0.29, 0.717) is 30.5 Å². The Bertz CT molecular complexity index is 2380. The Morgan fingerprint density at radius 1 is 0.727 bits per heavy atom. The number of hydrogen-bond donors (Lipinski definition) is 15. The van der Waals surface area contributed by atoms with E-state index in [9.17, 15) is 73.2 Å². The van der Waals surface area contributed by atoms with E-state index in [1.165, 1.54) is 48.6 Å². The third-order valence-corrected chi connectivity index (χ3v) is 13.5. The van der Waals surface area contributed by atoms with Crippen molar-refractivity contribution in [1.82, 2.24) is 57.4 Å². The van der Waals surface area contributed by atoms with Gasteiger partial charge in [0.1, 0.15) is 54.1 Å². The maximum Gasteiger partial charge on any atom is 0.326 e. The van der Waals surface area contributed by atoms with Gasteiger partial charge < -0.3 is 78.6 Å². The second-order valence-electron chi connectivity index (χ2n) is 19.1. The first-order valence-electron chi connectivity index (χ1n) is 25.3. The average Bonchev–Trinajstić information content (AvgIpc) is 4.11. The summed E-state index contributed by atoms with van der Waals surface area (Å²) < 4.78 is 0. The number of carboxylic acid groups (broad SMARTS) is 2. The van der Waals surface area contributed by atoms with Crippen LogP contribution in [0, 0.1) is 11.8 Å². The molecule has 1 aromatic carbocycles. The standard InChI is InChI=1S/C49H74N12O15S/c1-7-24(3)38(58-46(72)35-10-9-17-61(35)36(64)21-52-42(68)31(50)19-29-20-51-23-53-29)47(73)57-34(22-77)45(71)60-40(27(6)62)48(74)55-32(15-16-37(65)66)43(69)56-33(18-28-11-13-30(63)14-12-28)44(70)54-26(5)41(67)59-39(49(75)76)25(4)8-2/h11-14,20,23-27,31-35,38-40,62-63,77H,7-10,15-19,21-22,50H2,1-6H3,(H,51,53)(H,52,68)(H,54,70)(H,55,74)(H,56,69)(H,57,73)(H,58,72)(H,59,67)(H,60,71)(H,65,66)(H,75,76)/t24-,25-,26-,27+,31-,32-,33-,34-,35-,38-,39-,40-/m0/s1. The highest BCUT2D eigenvalue weighted by molar-refractivity contribution is 7.80. The second kappa shape index (κ2) is 31.0. The largest absolute Gasteiger partial charge is 0.508 e. The number of nitrogens with zero attached hydrogens (tertiary/aromatic N) is 2. The molecule has 0 spiro atoms. The number of aromatic amines is 1. The number of carbonyl (C=O) groups is 11. The Morgan fingerprint density at radius 3 is 1.87 bits per heavy atom. The first-order chi connectivity index (χ1) is 36.3. The number of aromatic nitrogens is 2. The molecule has 1 fully saturated rings. The molecule has 2 aromatic rings. The fraction of sp³-hybridized carbons (Fsp3) is 0.592. The highest BCUT2D eigenvalue weighted by Gasteiger charge is 2.39. The van der Waals surface area contributed by atoms with E-state index in [4.69, 9.17) is 5.73 Å². The fourth-order valence-corrected chi connectivity index (χ4v) is 8.27. The minimum absolute atomic E-state index is 0.120. The number of aliphatic hydroxyl groups excluding tert-OH is 1. The molecular weight excluding hydrogens is 1030 g/mol. The van der Waals surface area contributed by atoms with Crippen molar-refractivity contribution in [3.63, 3.8) is 0 Å². The number of carbonyl (C=O) groups excluding carboxylic acids is 9. The third-order valence-electron chi connectivity index (χ3n) is 13.1. The highest BCUT2D eigenvalue weighted by Crippen LogP contribution is 2.20. The van der Waals surface area contributed by atoms with E-state index in [0.717, 1.165) is 6.92 Å². The lowest BCUT2D eigenvalue weighted by Gasteiger charge is -2.30. The van der Waals surface area contributed by atoms with E-state index in [2.05, 4.69) is 65.1 Å². The van der Waals surface area contributed by atoms with Crippen molar-refractivity contribution in [1.29, 1.82) is 0 Å². The van der Waals surface area contributed by atoms with Gasteiger partial charge in [-0.1, -0.05) is 52.7 Å². The number of thiol groups is 1. The minimum Gasteiger partial charge on any atom is -0.508 e. The van der Waals surface area contributed by atoms with Crippen LogP contribution in [0.3, 0.4) is 0 Å². The minimum atomic E-state index is -1.85. The van der Waals surface area contributed by atoms with Crippen molar-refractivity contribution in [2.45, 2.75) is 153 Å². The molecule has 0 radical (unpaired) electrons. The molecule has 0 bridgehead atoms. The van der Waals surface area contributed by atoms with Crippen molar-refractivity contribution >= 4 is 77.7 Å². The lowest BCUT2D eigenvalue weighted by Crippen LogP contribution is -2.62. The van der Waals surface area contributed by atoms with Crippen LogP contribution in [0.15, 0.2) is 36.8 Å². The Kier molecular flexibility index (Phi) is 25.8. The summed E-state index contributed by atoms with van der Waals surface area (Å²) in [5, 5.41) is 59.4. The topological polar surface area (TPSA) is 423 Å². The molecule has 9 amide bonds. The monoisotopic (exact) mass is 1100 g/mol. The average molecular weight is 1100 g/mol. The van der Waals surface area contributed by atoms with E-state index < -0.39 is 157 Å². The first kappa shape index (κ1) is 64.0. The highest BCUT2D eigenvalue weighted by atomic mass is 32.1. The number of amides is 9. The van der Waals surface area contributed by atoms with Crippen molar-refractivity contribution in [3.05, 3.63) is 48.0 Å². The summed E-state index contributed by atoms with van der Waals surface area (Å²) in [6.45, 7) is 8.91. The predicted molar refractivity (Wildman–Crippen MR) is 278 cm³/mol. The summed E-state index contributed by atoms with van der Waals surface area (Å²) in [5.74, 6) is -12.0. The molecule has 2 heterocycles. The maximum absolute atomic E-state index is 14.0. The van der Waals surface area contributed by atoms with Gasteiger partial charge in [-0.05, 0) is 62.6 Å². The Morgan fingerprint density at radius 2 is 1.30 bits per heavy atom. The van der Waals surface area contributed by atoms with Crippen LogP contribution in [0.2, 0.25) is 0 Å². The van der Waals surface area contributed by atoms with Gasteiger partial charge in [-0.3, -0.25) is 47.9 Å². The van der Waals surface area contributed by atoms with E-state index in [1.807, 2.05) is 0 Å². The number of nitrogens with one attached hydrogen (secondary N) is 9. The van der Waals surface area contributed by atoms with Gasteiger partial charge >= 0.3 is 11.9 Å². The molecule has 0 unspecified atom stereocenters. The van der Waals surface area contributed by atoms with Gasteiger partial charge in [-0.2, -0.15) is 12.6 Å². The number of hydrogen-bond acceptors (Lipinski definition) is 16. The maximum atomic E-state index is 14.0. The Labute approximate surface area is 450 Å². The number of carboxylic acids is 2. The number of rotatable bonds is 31. The van der Waals surface area contributed by atoms with Crippen LogP contribution in [0.5, 0.6) is 5.75 Å². The molecule has 27 nitrogen and oxygen atoms in total. The number of aliphatic hydroxyl groups is 1. The van der Waals surface area contributed by atoms with Crippen LogP contribution >= 0.6 is 12.6 Å². The van der Waals surface area contributed by atoms with Crippen molar-refractivity contribution in [2.75, 3.05) is 18.8 Å². The summed E-state index contributed by atoms with van der Waals surface area (Å²) in [7, 11) is 0. The van der Waals surface area contributed by atoms with Crippen LogP contribution in [-0.4, -0.2) is 180 Å². The smallest absolute Gasteiger partial charge is 0.326 e. The zero-order valence-corrected chi connectivity index (χ0v) is 44.8. The van der Waals surface area contributed by atoms with Gasteiger partial charge in [0, 0.05) is 43.5 Å². The molecule has 15 N–H and O–H groups in total. The number of phenols is 1. The number of H-pyrrole nitrogens is 1. The number of aliphatic carboxylic acids is 2. The normalized spacial score (nSPS) is 17.4. The molecule has 0 saturated carbocycles. The Hall–Kier alpha value is -7.33. The quantitative estimate of drug-likeness (QED) is 0.0337. The molecule has 1 saturated heterocycles. The number of imidazole rings is 1. The number of likely N-dealkylation sites (tertiary alicyclic amines) is 1. The number of benzene rings is 1. The number of phenolic OH excluding ortho intramolecular Hbond substituents is 1. The van der Waals surface area contributed by atoms with Gasteiger partial charge in [0.05, 0.1) is 25.0 Å². The van der Waals surface area contributed by atoms with E-state index >= 15 is 0 Å². The molecule has 426 valence electrons. The summed E-state index contributed by atoms with van der Waals surface area (Å²) in [4.78, 5) is 154. The zero-order valence-electron chi connectivity index (χ0n) is 43.9. The molecular formula is C49H74N12O15S. The van der Waals surface area contributed by atoms with Crippen molar-refractivity contribution < 1.29 is 73.2 Å². The van der Waals surface area contributed by atoms with Gasteiger partial charge in [-0.15, -0.1) is 0 Å². The van der Waals surface area contributed by atoms with Crippen LogP contribution < -0.4 is 48.3 Å². The summed E-state index contributed by atoms with van der Waals surface area (Å²) in [5.41, 5.74) is 6.99. The molecule has 3 rings (SSSR count). The van der Waals surface area contributed by atoms with Crippen LogP contribution in [0.4, 0.5) is 0 Å². The molecule has 28 heteroatoms. The molecule has 0 aliphatic carbocycles. The summed E-state index contributed by atoms with van der Waals surface area (Å²) in [6, 6.07) is -7.01. The van der Waals surface area contributed by atoms with Gasteiger partial charge in [-0.25, -0.2) is 9.78 Å². The van der Waals surface area contributed by atoms with Crippen LogP contribution in [0.25, 0.3) is 0 Å². The molecule has 1 aliphatic rings. The van der Waals surface area contributed by atoms with E-state index in [1.54, 1.807) is 27.7 Å². The van der Waals surface area contributed by atoms with Gasteiger partial charge in [0.2, 0.25) is 53.2 Å². The predicted octanol–water partition coefficient (Wildman–Crippen LogP) is -2.90. The van der Waals surface area contributed by atoms with E-state index in [-0.39, 0.29) is 37.3 Å². The Balaban J connectivity index is 1.75. The third kappa shape index (κ3) is 20.0. The molecule has 77 heavy (non-hydrogen) atoms. The summed E-state index contributed by atoms with van der Waals surface area (Å²) >= 11 is 4.21. The SMILES string of the molecule is CC[C@H](C)[C@H](NC(=O)[C@H](C)NC(=O)[C@H](Cc1ccc(O)cc1)NC(=O)[C@H](CCC(=O)O)NC(=O)[C@@H](NC(=O)[C@H](CS)NC(=O)[C@@H](NC(=O)[C@@H]1CCCN1C(=O)CNC(=O)[C@@H](N)Cc1cnc[nH]1)[C@@H](C)CC)[C@@H](C)O)C(=O)O. The first-order valence-corrected chi connectivity index (χ1v) is 25.9. The number of aromatic hydroxyl groups is 1. The van der Waals surface area contributed by atoms with Crippen molar-refractivity contribution in [2.24, 2.45) is 17.6 Å². The molecule has 1 aromatic heterocycles. The van der Waals surface area contributed by atoms with Crippen LogP contribution in [0.1, 0.15) is 91.3 Å². The van der Waals surface area contributed by atoms with Gasteiger partial charge in [0.25, 0.3) is 0 Å². The molecule has 1 aliphatic heterocycles. The molecule has 12 atom stereocenters. The van der Waals surface area contributed by atoms with Gasteiger partial charge in [0.15, 0.2) is 0 Å². The summed E-state index contributed by atoms with van der Waals surface area (Å²) in [6.07, 6.45) is 1.31. The van der Waals surface area contributed by atoms with Crippen LogP contribution in [-0.2, 0) is 65.6 Å². The number of nitrogens with two attached hydrogens (primary N) is 1. The lowest BCUT2D eigenvalue weighted by atomic mass is 9.97. The lowest BCUT2D eigenvalue weighted by molar-refractivity contribution is -0.144. The second-order valence-corrected chi connectivity index (χ2v) is 19.4. The van der Waals surface area contributed by atoms with Crippen molar-refractivity contribution in [3.8, 4) is 5.75 Å².